The van der Waals surface area contributed by atoms with Gasteiger partial charge in [-0.05, 0) is 18.6 Å². The third-order valence-electron chi connectivity index (χ3n) is 2.78. The van der Waals surface area contributed by atoms with Gasteiger partial charge < -0.3 is 15.2 Å². The first kappa shape index (κ1) is 11.9. The van der Waals surface area contributed by atoms with E-state index in [2.05, 4.69) is 15.9 Å². The quantitative estimate of drug-likeness (QED) is 0.924. The summed E-state index contributed by atoms with van der Waals surface area (Å²) in [4.78, 5) is 0. The summed E-state index contributed by atoms with van der Waals surface area (Å²) in [6.07, 6.45) is 1.09. The van der Waals surface area contributed by atoms with Crippen LogP contribution >= 0.6 is 15.9 Å². The van der Waals surface area contributed by atoms with Crippen molar-refractivity contribution in [3.63, 3.8) is 0 Å². The Morgan fingerprint density at radius 1 is 1.50 bits per heavy atom. The van der Waals surface area contributed by atoms with E-state index in [9.17, 15) is 0 Å². The molecule has 2 rings (SSSR count). The van der Waals surface area contributed by atoms with Gasteiger partial charge in [-0.25, -0.2) is 0 Å². The summed E-state index contributed by atoms with van der Waals surface area (Å²) in [5.74, 6) is 1.40. The molecule has 1 unspecified atom stereocenters. The van der Waals surface area contributed by atoms with E-state index in [1.54, 1.807) is 0 Å². The van der Waals surface area contributed by atoms with Gasteiger partial charge in [-0.15, -0.1) is 0 Å². The summed E-state index contributed by atoms with van der Waals surface area (Å²) >= 11 is 3.48. The molecule has 16 heavy (non-hydrogen) atoms. The van der Waals surface area contributed by atoms with Gasteiger partial charge in [0.25, 0.3) is 0 Å². The first-order valence-electron chi connectivity index (χ1n) is 5.49. The van der Waals surface area contributed by atoms with E-state index in [1.165, 1.54) is 0 Å². The maximum absolute atomic E-state index is 5.80. The van der Waals surface area contributed by atoms with Crippen molar-refractivity contribution in [1.82, 2.24) is 0 Å². The zero-order valence-corrected chi connectivity index (χ0v) is 10.7. The highest BCUT2D eigenvalue weighted by Gasteiger charge is 2.17. The molecule has 1 aromatic rings. The third-order valence-corrected chi connectivity index (χ3v) is 3.52. The molecule has 88 valence electrons. The Balaban J connectivity index is 2.00. The summed E-state index contributed by atoms with van der Waals surface area (Å²) in [6.45, 7) is 2.86. The lowest BCUT2D eigenvalue weighted by molar-refractivity contribution is 0.166. The van der Waals surface area contributed by atoms with Crippen LogP contribution in [-0.4, -0.2) is 19.8 Å². The van der Waals surface area contributed by atoms with Gasteiger partial charge in [0.15, 0.2) is 0 Å². The molecule has 1 saturated heterocycles. The van der Waals surface area contributed by atoms with Crippen molar-refractivity contribution in [2.45, 2.75) is 13.0 Å². The zero-order chi connectivity index (χ0) is 11.4. The Hall–Kier alpha value is -0.580. The van der Waals surface area contributed by atoms with E-state index in [4.69, 9.17) is 15.2 Å². The second-order valence-corrected chi connectivity index (χ2v) is 4.82. The van der Waals surface area contributed by atoms with Crippen LogP contribution in [0.2, 0.25) is 0 Å². The second-order valence-electron chi connectivity index (χ2n) is 3.96. The lowest BCUT2D eigenvalue weighted by atomic mass is 10.1. The fourth-order valence-corrected chi connectivity index (χ4v) is 2.30. The summed E-state index contributed by atoms with van der Waals surface area (Å²) in [5, 5.41) is 0. The second kappa shape index (κ2) is 5.66. The molecule has 0 aliphatic carbocycles. The van der Waals surface area contributed by atoms with E-state index in [0.29, 0.717) is 19.1 Å². The summed E-state index contributed by atoms with van der Waals surface area (Å²) in [7, 11) is 0. The fraction of sp³-hybridized carbons (Fsp3) is 0.500. The monoisotopic (exact) mass is 285 g/mol. The van der Waals surface area contributed by atoms with Crippen molar-refractivity contribution in [1.29, 1.82) is 0 Å². The van der Waals surface area contributed by atoms with Crippen molar-refractivity contribution >= 4 is 15.9 Å². The molecular weight excluding hydrogens is 270 g/mol. The van der Waals surface area contributed by atoms with E-state index < -0.39 is 0 Å². The Bertz CT molecular complexity index is 351. The molecule has 3 nitrogen and oxygen atoms in total. The van der Waals surface area contributed by atoms with E-state index >= 15 is 0 Å². The fourth-order valence-electron chi connectivity index (χ4n) is 1.79. The normalized spacial score (nSPS) is 20.0. The number of halogens is 1. The molecule has 1 heterocycles. The standard InChI is InChI=1S/C12H16BrNO2/c13-11-2-1-3-12(10(11)6-14)16-8-9-4-5-15-7-9/h1-3,9H,4-8,14H2. The van der Waals surface area contributed by atoms with Crippen molar-refractivity contribution in [3.8, 4) is 5.75 Å². The molecule has 1 aliphatic heterocycles. The first-order chi connectivity index (χ1) is 7.81. The van der Waals surface area contributed by atoms with Gasteiger partial charge in [0, 0.05) is 29.1 Å². The molecule has 0 bridgehead atoms. The number of rotatable bonds is 4. The van der Waals surface area contributed by atoms with Crippen LogP contribution in [0.15, 0.2) is 22.7 Å². The number of benzene rings is 1. The van der Waals surface area contributed by atoms with Gasteiger partial charge in [0.05, 0.1) is 13.2 Å². The molecule has 0 amide bonds. The highest BCUT2D eigenvalue weighted by atomic mass is 79.9. The summed E-state index contributed by atoms with van der Waals surface area (Å²) in [5.41, 5.74) is 6.73. The SMILES string of the molecule is NCc1c(Br)cccc1OCC1CCOC1. The molecule has 4 heteroatoms. The summed E-state index contributed by atoms with van der Waals surface area (Å²) < 4.78 is 12.1. The molecule has 0 spiro atoms. The maximum atomic E-state index is 5.80. The Morgan fingerprint density at radius 3 is 3.06 bits per heavy atom. The predicted molar refractivity (Wildman–Crippen MR) is 66.5 cm³/mol. The molecular formula is C12H16BrNO2. The maximum Gasteiger partial charge on any atom is 0.124 e. The van der Waals surface area contributed by atoms with Crippen LogP contribution in [0.1, 0.15) is 12.0 Å². The van der Waals surface area contributed by atoms with Crippen LogP contribution in [0.4, 0.5) is 0 Å². The van der Waals surface area contributed by atoms with Crippen LogP contribution in [0.3, 0.4) is 0 Å². The Kier molecular flexibility index (Phi) is 4.21. The van der Waals surface area contributed by atoms with Gasteiger partial charge in [-0.2, -0.15) is 0 Å². The molecule has 1 fully saturated rings. The minimum atomic E-state index is 0.484. The molecule has 0 radical (unpaired) electrons. The molecule has 1 aromatic carbocycles. The van der Waals surface area contributed by atoms with E-state index in [0.717, 1.165) is 35.4 Å². The zero-order valence-electron chi connectivity index (χ0n) is 9.12. The topological polar surface area (TPSA) is 44.5 Å². The number of ether oxygens (including phenoxy) is 2. The summed E-state index contributed by atoms with van der Waals surface area (Å²) in [6, 6.07) is 5.90. The lowest BCUT2D eigenvalue weighted by Crippen LogP contribution is -2.13. The van der Waals surface area contributed by atoms with Gasteiger partial charge in [0.1, 0.15) is 5.75 Å². The van der Waals surface area contributed by atoms with E-state index in [1.807, 2.05) is 18.2 Å². The van der Waals surface area contributed by atoms with Crippen molar-refractivity contribution in [2.75, 3.05) is 19.8 Å². The van der Waals surface area contributed by atoms with E-state index in [-0.39, 0.29) is 0 Å². The number of hydrogen-bond acceptors (Lipinski definition) is 3. The van der Waals surface area contributed by atoms with Crippen LogP contribution < -0.4 is 10.5 Å². The van der Waals surface area contributed by atoms with Crippen LogP contribution in [0.25, 0.3) is 0 Å². The molecule has 1 aliphatic rings. The van der Waals surface area contributed by atoms with Crippen molar-refractivity contribution in [2.24, 2.45) is 11.7 Å². The molecule has 1 atom stereocenters. The Labute approximate surface area is 104 Å². The highest BCUT2D eigenvalue weighted by Crippen LogP contribution is 2.27. The van der Waals surface area contributed by atoms with Crippen molar-refractivity contribution in [3.05, 3.63) is 28.2 Å². The van der Waals surface area contributed by atoms with Crippen molar-refractivity contribution < 1.29 is 9.47 Å². The largest absolute Gasteiger partial charge is 0.493 e. The van der Waals surface area contributed by atoms with Gasteiger partial charge in [-0.3, -0.25) is 0 Å². The molecule has 0 aromatic heterocycles. The van der Waals surface area contributed by atoms with Gasteiger partial charge in [0.2, 0.25) is 0 Å². The molecule has 2 N–H and O–H groups in total. The van der Waals surface area contributed by atoms with Gasteiger partial charge >= 0.3 is 0 Å². The minimum absolute atomic E-state index is 0.484. The third kappa shape index (κ3) is 2.75. The average molecular weight is 286 g/mol. The number of nitrogens with two attached hydrogens (primary N) is 1. The predicted octanol–water partition coefficient (Wildman–Crippen LogP) is 2.32. The van der Waals surface area contributed by atoms with Crippen LogP contribution in [0, 0.1) is 5.92 Å². The highest BCUT2D eigenvalue weighted by molar-refractivity contribution is 9.10. The van der Waals surface area contributed by atoms with Gasteiger partial charge in [-0.1, -0.05) is 22.0 Å². The van der Waals surface area contributed by atoms with Crippen LogP contribution in [-0.2, 0) is 11.3 Å². The number of hydrogen-bond donors (Lipinski definition) is 1. The lowest BCUT2D eigenvalue weighted by Gasteiger charge is -2.14. The average Bonchev–Trinajstić information content (AvgIpc) is 2.79. The van der Waals surface area contributed by atoms with Crippen LogP contribution in [0.5, 0.6) is 5.75 Å². The minimum Gasteiger partial charge on any atom is -0.493 e. The first-order valence-corrected chi connectivity index (χ1v) is 6.28. The Morgan fingerprint density at radius 2 is 2.38 bits per heavy atom. The molecule has 0 saturated carbocycles. The smallest absolute Gasteiger partial charge is 0.124 e.